The number of carboxylic acids is 1. The van der Waals surface area contributed by atoms with Gasteiger partial charge >= 0.3 is 5.97 Å². The van der Waals surface area contributed by atoms with Gasteiger partial charge in [0.05, 0.1) is 5.41 Å². The fourth-order valence-electron chi connectivity index (χ4n) is 4.81. The molecule has 1 aliphatic carbocycles. The number of rotatable bonds is 7. The maximum Gasteiger partial charge on any atom is 0.310 e. The van der Waals surface area contributed by atoms with Crippen LogP contribution >= 0.6 is 0 Å². The first-order valence-electron chi connectivity index (χ1n) is 8.56. The molecule has 2 nitrogen and oxygen atoms in total. The lowest BCUT2D eigenvalue weighted by molar-refractivity contribution is -0.146. The number of carbonyl (C=O) groups is 1. The molecule has 0 saturated heterocycles. The fourth-order valence-corrected chi connectivity index (χ4v) is 4.81. The summed E-state index contributed by atoms with van der Waals surface area (Å²) in [5.41, 5.74) is 0.472. The molecule has 1 fully saturated rings. The van der Waals surface area contributed by atoms with E-state index in [1.54, 1.807) is 0 Å². The summed E-state index contributed by atoms with van der Waals surface area (Å²) >= 11 is 0. The molecular formula is C20H30O2. The van der Waals surface area contributed by atoms with Gasteiger partial charge in [-0.15, -0.1) is 0 Å². The van der Waals surface area contributed by atoms with Gasteiger partial charge in [0.25, 0.3) is 0 Å². The van der Waals surface area contributed by atoms with E-state index in [4.69, 9.17) is 0 Å². The van der Waals surface area contributed by atoms with E-state index in [2.05, 4.69) is 46.8 Å². The zero-order valence-electron chi connectivity index (χ0n) is 14.6. The van der Waals surface area contributed by atoms with Crippen LogP contribution in [0.1, 0.15) is 53.0 Å². The Hall–Kier alpha value is -1.31. The zero-order chi connectivity index (χ0) is 16.5. The number of hydrogen-bond acceptors (Lipinski definition) is 1. The third-order valence-electron chi connectivity index (χ3n) is 6.13. The third kappa shape index (κ3) is 2.47. The Bertz CT molecular complexity index is 520. The van der Waals surface area contributed by atoms with Crippen LogP contribution in [-0.2, 0) is 11.2 Å². The smallest absolute Gasteiger partial charge is 0.310 e. The van der Waals surface area contributed by atoms with E-state index in [1.165, 1.54) is 0 Å². The number of benzene rings is 1. The van der Waals surface area contributed by atoms with Gasteiger partial charge in [0.1, 0.15) is 0 Å². The van der Waals surface area contributed by atoms with Gasteiger partial charge < -0.3 is 5.11 Å². The van der Waals surface area contributed by atoms with Crippen molar-refractivity contribution in [1.82, 2.24) is 0 Å². The fraction of sp³-hybridized carbons (Fsp3) is 0.650. The van der Waals surface area contributed by atoms with Crippen molar-refractivity contribution in [2.75, 3.05) is 0 Å². The van der Waals surface area contributed by atoms with Crippen LogP contribution in [0.3, 0.4) is 0 Å². The Morgan fingerprint density at radius 3 is 2.23 bits per heavy atom. The molecule has 0 heterocycles. The van der Waals surface area contributed by atoms with Gasteiger partial charge in [0.15, 0.2) is 0 Å². The van der Waals surface area contributed by atoms with Crippen molar-refractivity contribution in [1.29, 1.82) is 0 Å². The predicted octanol–water partition coefficient (Wildman–Crippen LogP) is 5.03. The molecule has 2 heteroatoms. The van der Waals surface area contributed by atoms with Crippen LogP contribution in [0.15, 0.2) is 30.3 Å². The molecule has 22 heavy (non-hydrogen) atoms. The number of carboxylic acid groups (broad SMARTS) is 1. The highest BCUT2D eigenvalue weighted by atomic mass is 16.4. The van der Waals surface area contributed by atoms with E-state index in [9.17, 15) is 9.90 Å². The molecular weight excluding hydrogens is 272 g/mol. The van der Waals surface area contributed by atoms with E-state index in [0.29, 0.717) is 18.3 Å². The Kier molecular flexibility index (Phi) is 4.70. The molecule has 0 bridgehead atoms. The molecule has 1 saturated carbocycles. The molecule has 1 aliphatic rings. The quantitative estimate of drug-likeness (QED) is 0.767. The normalized spacial score (nSPS) is 30.8. The van der Waals surface area contributed by atoms with Crippen molar-refractivity contribution in [3.05, 3.63) is 35.9 Å². The summed E-state index contributed by atoms with van der Waals surface area (Å²) in [6.07, 6.45) is 2.77. The van der Waals surface area contributed by atoms with Gasteiger partial charge in [-0.25, -0.2) is 0 Å². The van der Waals surface area contributed by atoms with E-state index < -0.39 is 11.4 Å². The highest BCUT2D eigenvalue weighted by Gasteiger charge is 2.78. The zero-order valence-corrected chi connectivity index (χ0v) is 14.6. The average Bonchev–Trinajstić information content (AvgIpc) is 2.98. The van der Waals surface area contributed by atoms with Crippen molar-refractivity contribution < 1.29 is 9.90 Å². The highest BCUT2D eigenvalue weighted by Crippen LogP contribution is 2.76. The second kappa shape index (κ2) is 6.06. The average molecular weight is 302 g/mol. The van der Waals surface area contributed by atoms with E-state index in [-0.39, 0.29) is 11.3 Å². The molecule has 0 aromatic heterocycles. The van der Waals surface area contributed by atoms with Gasteiger partial charge in [-0.05, 0) is 41.6 Å². The lowest BCUT2D eigenvalue weighted by atomic mass is 9.76. The van der Waals surface area contributed by atoms with E-state index >= 15 is 0 Å². The first kappa shape index (κ1) is 17.1. The second-order valence-electron chi connectivity index (χ2n) is 7.79. The molecule has 0 aliphatic heterocycles. The maximum atomic E-state index is 12.3. The molecule has 3 unspecified atom stereocenters. The van der Waals surface area contributed by atoms with Gasteiger partial charge in [-0.3, -0.25) is 4.79 Å². The van der Waals surface area contributed by atoms with Crippen molar-refractivity contribution >= 4 is 5.97 Å². The largest absolute Gasteiger partial charge is 0.481 e. The molecule has 0 radical (unpaired) electrons. The van der Waals surface area contributed by atoms with Crippen LogP contribution in [-0.4, -0.2) is 11.1 Å². The molecule has 1 aromatic carbocycles. The van der Waals surface area contributed by atoms with Gasteiger partial charge in [-0.1, -0.05) is 71.4 Å². The summed E-state index contributed by atoms with van der Waals surface area (Å²) in [5, 5.41) is 10.1. The Morgan fingerprint density at radius 2 is 1.77 bits per heavy atom. The number of hydrogen-bond donors (Lipinski definition) is 1. The maximum absolute atomic E-state index is 12.3. The first-order chi connectivity index (χ1) is 10.3. The van der Waals surface area contributed by atoms with Crippen LogP contribution in [0, 0.1) is 28.6 Å². The second-order valence-corrected chi connectivity index (χ2v) is 7.79. The predicted molar refractivity (Wildman–Crippen MR) is 90.7 cm³/mol. The van der Waals surface area contributed by atoms with Crippen LogP contribution in [0.25, 0.3) is 0 Å². The van der Waals surface area contributed by atoms with E-state index in [0.717, 1.165) is 18.4 Å². The molecule has 0 amide bonds. The summed E-state index contributed by atoms with van der Waals surface area (Å²) in [6, 6.07) is 10.1. The molecule has 1 N–H and O–H groups in total. The third-order valence-corrected chi connectivity index (χ3v) is 6.13. The molecule has 1 aromatic rings. The molecule has 122 valence electrons. The summed E-state index contributed by atoms with van der Waals surface area (Å²) in [5.74, 6) is 0.630. The standard InChI is InChI=1S/C20H30O2/c1-14(2)11-12-19(15(3)4)16(5)20(19,18(21)22)13-17-9-7-6-8-10-17/h6-10,14-16H,11-13H2,1-5H3,(H,21,22). The summed E-state index contributed by atoms with van der Waals surface area (Å²) < 4.78 is 0. The van der Waals surface area contributed by atoms with Crippen molar-refractivity contribution in [3.8, 4) is 0 Å². The lowest BCUT2D eigenvalue weighted by Crippen LogP contribution is -2.30. The molecule has 0 spiro atoms. The van der Waals surface area contributed by atoms with Crippen LogP contribution < -0.4 is 0 Å². The summed E-state index contributed by atoms with van der Waals surface area (Å²) in [4.78, 5) is 12.3. The summed E-state index contributed by atoms with van der Waals surface area (Å²) in [7, 11) is 0. The lowest BCUT2D eigenvalue weighted by Gasteiger charge is -2.28. The van der Waals surface area contributed by atoms with Crippen molar-refractivity contribution in [2.24, 2.45) is 28.6 Å². The monoisotopic (exact) mass is 302 g/mol. The minimum absolute atomic E-state index is 0.0705. The van der Waals surface area contributed by atoms with Gasteiger partial charge in [0, 0.05) is 0 Å². The van der Waals surface area contributed by atoms with E-state index in [1.807, 2.05) is 18.2 Å². The minimum atomic E-state index is -0.610. The minimum Gasteiger partial charge on any atom is -0.481 e. The molecule has 3 atom stereocenters. The molecule has 2 rings (SSSR count). The van der Waals surface area contributed by atoms with Crippen molar-refractivity contribution in [2.45, 2.75) is 53.9 Å². The van der Waals surface area contributed by atoms with Crippen LogP contribution in [0.2, 0.25) is 0 Å². The summed E-state index contributed by atoms with van der Waals surface area (Å²) in [6.45, 7) is 11.0. The van der Waals surface area contributed by atoms with Crippen LogP contribution in [0.4, 0.5) is 0 Å². The van der Waals surface area contributed by atoms with Gasteiger partial charge in [-0.2, -0.15) is 0 Å². The van der Waals surface area contributed by atoms with Crippen molar-refractivity contribution in [3.63, 3.8) is 0 Å². The first-order valence-corrected chi connectivity index (χ1v) is 8.56. The Labute approximate surface area is 134 Å². The van der Waals surface area contributed by atoms with Crippen LogP contribution in [0.5, 0.6) is 0 Å². The Morgan fingerprint density at radius 1 is 1.18 bits per heavy atom. The van der Waals surface area contributed by atoms with Gasteiger partial charge in [0.2, 0.25) is 0 Å². The Balaban J connectivity index is 2.35. The number of aliphatic carboxylic acids is 1. The topological polar surface area (TPSA) is 37.3 Å². The highest BCUT2D eigenvalue weighted by molar-refractivity contribution is 5.81. The SMILES string of the molecule is CC(C)CCC1(C(C)C)C(C)C1(Cc1ccccc1)C(=O)O.